The predicted molar refractivity (Wildman–Crippen MR) is 91.5 cm³/mol. The van der Waals surface area contributed by atoms with E-state index in [0.29, 0.717) is 13.0 Å². The first-order valence-electron chi connectivity index (χ1n) is 9.11. The highest BCUT2D eigenvalue weighted by Gasteiger charge is 2.01. The topological polar surface area (TPSA) is 26.3 Å². The molecule has 0 saturated carbocycles. The molecule has 0 aromatic heterocycles. The van der Waals surface area contributed by atoms with E-state index in [9.17, 15) is 4.79 Å². The maximum Gasteiger partial charge on any atom is 0.305 e. The normalized spacial score (nSPS) is 11.1. The molecule has 0 rings (SSSR count). The van der Waals surface area contributed by atoms with Gasteiger partial charge in [-0.1, -0.05) is 64.5 Å². The van der Waals surface area contributed by atoms with Gasteiger partial charge in [0.1, 0.15) is 0 Å². The molecule has 0 amide bonds. The first-order chi connectivity index (χ1) is 10.3. The average molecular weight is 296 g/mol. The lowest BCUT2D eigenvalue weighted by atomic mass is 10.1. The molecular weight excluding hydrogens is 260 g/mol. The van der Waals surface area contributed by atoms with Gasteiger partial charge in [0.25, 0.3) is 0 Å². The van der Waals surface area contributed by atoms with Crippen molar-refractivity contribution in [3.63, 3.8) is 0 Å². The first kappa shape index (κ1) is 20.2. The summed E-state index contributed by atoms with van der Waals surface area (Å²) >= 11 is 0. The summed E-state index contributed by atoms with van der Waals surface area (Å²) < 4.78 is 5.13. The quantitative estimate of drug-likeness (QED) is 0.204. The van der Waals surface area contributed by atoms with Crippen LogP contribution in [0.1, 0.15) is 97.3 Å². The molecule has 0 N–H and O–H groups in total. The lowest BCUT2D eigenvalue weighted by Crippen LogP contribution is -2.05. The molecule has 0 aliphatic rings. The molecule has 0 aromatic rings. The Morgan fingerprint density at radius 3 is 2.00 bits per heavy atom. The largest absolute Gasteiger partial charge is 0.466 e. The van der Waals surface area contributed by atoms with Crippen molar-refractivity contribution >= 4 is 5.97 Å². The maximum absolute atomic E-state index is 11.4. The van der Waals surface area contributed by atoms with Gasteiger partial charge in [-0.25, -0.2) is 0 Å². The summed E-state index contributed by atoms with van der Waals surface area (Å²) in [7, 11) is 0. The molecule has 0 aromatic carbocycles. The predicted octanol–water partition coefficient (Wildman–Crippen LogP) is 6.20. The second-order valence-corrected chi connectivity index (χ2v) is 5.85. The molecule has 0 unspecified atom stereocenters. The van der Waals surface area contributed by atoms with E-state index in [4.69, 9.17) is 4.74 Å². The molecule has 0 radical (unpaired) electrons. The average Bonchev–Trinajstić information content (AvgIpc) is 2.48. The highest BCUT2D eigenvalue weighted by Crippen LogP contribution is 2.09. The Labute approximate surface area is 132 Å². The Kier molecular flexibility index (Phi) is 16.6. The summed E-state index contributed by atoms with van der Waals surface area (Å²) in [4.78, 5) is 11.4. The number of allylic oxidation sites excluding steroid dienone is 2. The summed E-state index contributed by atoms with van der Waals surface area (Å²) in [5, 5.41) is 0. The molecule has 2 heteroatoms. The van der Waals surface area contributed by atoms with Crippen molar-refractivity contribution in [2.75, 3.05) is 6.61 Å². The number of unbranched alkanes of at least 4 members (excludes halogenated alkanes) is 9. The maximum atomic E-state index is 11.4. The van der Waals surface area contributed by atoms with Crippen molar-refractivity contribution in [3.05, 3.63) is 12.2 Å². The highest BCUT2D eigenvalue weighted by molar-refractivity contribution is 5.69. The fourth-order valence-corrected chi connectivity index (χ4v) is 2.21. The molecule has 0 atom stereocenters. The third kappa shape index (κ3) is 17.2. The Hall–Kier alpha value is -0.790. The van der Waals surface area contributed by atoms with Crippen molar-refractivity contribution in [3.8, 4) is 0 Å². The highest BCUT2D eigenvalue weighted by atomic mass is 16.5. The summed E-state index contributed by atoms with van der Waals surface area (Å²) in [6.07, 6.45) is 19.7. The molecule has 0 fully saturated rings. The van der Waals surface area contributed by atoms with E-state index in [1.54, 1.807) is 0 Å². The zero-order chi connectivity index (χ0) is 15.6. The number of carbonyl (C=O) groups excluding carboxylic acids is 1. The minimum atomic E-state index is -0.0153. The van der Waals surface area contributed by atoms with Crippen LogP contribution >= 0.6 is 0 Å². The Morgan fingerprint density at radius 1 is 0.762 bits per heavy atom. The van der Waals surface area contributed by atoms with Crippen LogP contribution in [0.25, 0.3) is 0 Å². The number of hydrogen-bond acceptors (Lipinski definition) is 2. The Bertz CT molecular complexity index is 246. The molecule has 0 aliphatic carbocycles. The van der Waals surface area contributed by atoms with Crippen LogP contribution in [-0.2, 0) is 9.53 Å². The zero-order valence-corrected chi connectivity index (χ0v) is 14.4. The van der Waals surface area contributed by atoms with E-state index in [-0.39, 0.29) is 5.97 Å². The van der Waals surface area contributed by atoms with Crippen molar-refractivity contribution in [2.24, 2.45) is 0 Å². The Balaban J connectivity index is 3.16. The van der Waals surface area contributed by atoms with Crippen LogP contribution in [0.5, 0.6) is 0 Å². The van der Waals surface area contributed by atoms with E-state index in [1.807, 2.05) is 0 Å². The Morgan fingerprint density at radius 2 is 1.33 bits per heavy atom. The fraction of sp³-hybridized carbons (Fsp3) is 0.842. The van der Waals surface area contributed by atoms with Gasteiger partial charge >= 0.3 is 5.97 Å². The fourth-order valence-electron chi connectivity index (χ4n) is 2.21. The lowest BCUT2D eigenvalue weighted by Gasteiger charge is -2.03. The van der Waals surface area contributed by atoms with Gasteiger partial charge in [-0.15, -0.1) is 0 Å². The molecular formula is C19H36O2. The first-order valence-corrected chi connectivity index (χ1v) is 9.11. The standard InChI is InChI=1S/C19H36O2/c1-3-5-7-8-9-10-11-12-13-14-15-16-17-19(20)21-18-6-4-2/h9-10H,3-8,11-18H2,1-2H3. The molecule has 0 aliphatic heterocycles. The molecule has 0 heterocycles. The molecule has 0 saturated heterocycles. The van der Waals surface area contributed by atoms with Crippen LogP contribution in [0, 0.1) is 0 Å². The third-order valence-corrected chi connectivity index (χ3v) is 3.65. The molecule has 0 bridgehead atoms. The minimum Gasteiger partial charge on any atom is -0.466 e. The number of esters is 1. The number of carbonyl (C=O) groups is 1. The summed E-state index contributed by atoms with van der Waals surface area (Å²) in [5.41, 5.74) is 0. The second kappa shape index (κ2) is 17.3. The smallest absolute Gasteiger partial charge is 0.305 e. The van der Waals surface area contributed by atoms with E-state index in [0.717, 1.165) is 25.7 Å². The lowest BCUT2D eigenvalue weighted by molar-refractivity contribution is -0.143. The second-order valence-electron chi connectivity index (χ2n) is 5.85. The van der Waals surface area contributed by atoms with Crippen LogP contribution in [0.15, 0.2) is 12.2 Å². The molecule has 124 valence electrons. The van der Waals surface area contributed by atoms with Crippen LogP contribution in [0.3, 0.4) is 0 Å². The van der Waals surface area contributed by atoms with Crippen molar-refractivity contribution in [1.82, 2.24) is 0 Å². The van der Waals surface area contributed by atoms with Gasteiger partial charge in [0.2, 0.25) is 0 Å². The molecule has 2 nitrogen and oxygen atoms in total. The van der Waals surface area contributed by atoms with Gasteiger partial charge in [-0.2, -0.15) is 0 Å². The monoisotopic (exact) mass is 296 g/mol. The van der Waals surface area contributed by atoms with Crippen LogP contribution in [0.2, 0.25) is 0 Å². The van der Waals surface area contributed by atoms with Gasteiger partial charge in [0, 0.05) is 6.42 Å². The number of rotatable bonds is 15. The summed E-state index contributed by atoms with van der Waals surface area (Å²) in [6, 6.07) is 0. The molecule has 21 heavy (non-hydrogen) atoms. The van der Waals surface area contributed by atoms with E-state index in [1.165, 1.54) is 51.4 Å². The van der Waals surface area contributed by atoms with E-state index >= 15 is 0 Å². The van der Waals surface area contributed by atoms with Gasteiger partial charge < -0.3 is 4.74 Å². The van der Waals surface area contributed by atoms with E-state index in [2.05, 4.69) is 26.0 Å². The number of hydrogen-bond donors (Lipinski definition) is 0. The van der Waals surface area contributed by atoms with Crippen molar-refractivity contribution in [1.29, 1.82) is 0 Å². The summed E-state index contributed by atoms with van der Waals surface area (Å²) in [6.45, 7) is 4.95. The summed E-state index contributed by atoms with van der Waals surface area (Å²) in [5.74, 6) is -0.0153. The number of ether oxygens (including phenoxy) is 1. The van der Waals surface area contributed by atoms with Crippen LogP contribution < -0.4 is 0 Å². The van der Waals surface area contributed by atoms with Gasteiger partial charge in [-0.05, 0) is 38.5 Å². The zero-order valence-electron chi connectivity index (χ0n) is 14.4. The SMILES string of the molecule is CCCCCC=CCCCCCCCC(=O)OCCCC. The van der Waals surface area contributed by atoms with Crippen molar-refractivity contribution < 1.29 is 9.53 Å². The van der Waals surface area contributed by atoms with Gasteiger partial charge in [0.15, 0.2) is 0 Å². The van der Waals surface area contributed by atoms with Crippen LogP contribution in [0.4, 0.5) is 0 Å². The van der Waals surface area contributed by atoms with Crippen molar-refractivity contribution in [2.45, 2.75) is 97.3 Å². The van der Waals surface area contributed by atoms with Gasteiger partial charge in [0.05, 0.1) is 6.61 Å². The van der Waals surface area contributed by atoms with Gasteiger partial charge in [-0.3, -0.25) is 4.79 Å². The third-order valence-electron chi connectivity index (χ3n) is 3.65. The molecule has 0 spiro atoms. The van der Waals surface area contributed by atoms with E-state index < -0.39 is 0 Å². The van der Waals surface area contributed by atoms with Crippen LogP contribution in [-0.4, -0.2) is 12.6 Å². The minimum absolute atomic E-state index is 0.0153.